The maximum absolute atomic E-state index is 12.8. The number of nitriles is 1. The second kappa shape index (κ2) is 8.21. The van der Waals surface area contributed by atoms with E-state index in [2.05, 4.69) is 43.0 Å². The monoisotopic (exact) mass is 427 g/mol. The van der Waals surface area contributed by atoms with Gasteiger partial charge in [0.25, 0.3) is 5.91 Å². The third-order valence-corrected chi connectivity index (χ3v) is 6.08. The number of halogens is 1. The van der Waals surface area contributed by atoms with E-state index < -0.39 is 0 Å². The van der Waals surface area contributed by atoms with Crippen LogP contribution >= 0.6 is 11.6 Å². The first-order valence-corrected chi connectivity index (χ1v) is 10.2. The van der Waals surface area contributed by atoms with Gasteiger partial charge in [0.1, 0.15) is 23.7 Å². The molecule has 0 aliphatic heterocycles. The highest BCUT2D eigenvalue weighted by Gasteiger charge is 2.64. The lowest BCUT2D eigenvalue weighted by Crippen LogP contribution is -2.74. The Morgan fingerprint density at radius 3 is 2.43 bits per heavy atom. The summed E-state index contributed by atoms with van der Waals surface area (Å²) >= 11 is 6.13. The smallest absolute Gasteiger partial charge is 0.254 e. The molecule has 1 aliphatic rings. The molecule has 1 heterocycles. The van der Waals surface area contributed by atoms with Crippen LogP contribution in [0.5, 0.6) is 5.75 Å². The number of hydrogen-bond donors (Lipinski definition) is 2. The van der Waals surface area contributed by atoms with E-state index >= 15 is 0 Å². The van der Waals surface area contributed by atoms with Gasteiger partial charge >= 0.3 is 0 Å². The molecule has 1 fully saturated rings. The molecular formula is C22H26ClN5O2. The summed E-state index contributed by atoms with van der Waals surface area (Å²) < 4.78 is 6.24. The predicted molar refractivity (Wildman–Crippen MR) is 114 cm³/mol. The van der Waals surface area contributed by atoms with E-state index in [9.17, 15) is 4.79 Å². The summed E-state index contributed by atoms with van der Waals surface area (Å²) in [6.07, 6.45) is 3.46. The van der Waals surface area contributed by atoms with Crippen molar-refractivity contribution in [3.05, 3.63) is 52.6 Å². The Kier molecular flexibility index (Phi) is 6.02. The lowest BCUT2D eigenvalue weighted by molar-refractivity contribution is -0.164. The number of carbonyl (C=O) groups is 1. The Bertz CT molecular complexity index is 966. The number of benzene rings is 1. The van der Waals surface area contributed by atoms with Crippen molar-refractivity contribution in [3.63, 3.8) is 0 Å². The molecule has 8 heteroatoms. The van der Waals surface area contributed by atoms with Gasteiger partial charge in [-0.25, -0.2) is 9.97 Å². The second-order valence-corrected chi connectivity index (χ2v) is 9.13. The van der Waals surface area contributed by atoms with Crippen LogP contribution in [0.15, 0.2) is 30.6 Å². The first kappa shape index (κ1) is 22.0. The van der Waals surface area contributed by atoms with Gasteiger partial charge in [-0.15, -0.1) is 0 Å². The normalized spacial score (nSPS) is 21.2. The van der Waals surface area contributed by atoms with Gasteiger partial charge in [-0.05, 0) is 18.7 Å². The van der Waals surface area contributed by atoms with Gasteiger partial charge in [0.15, 0.2) is 0 Å². The predicted octanol–water partition coefficient (Wildman–Crippen LogP) is 3.11. The summed E-state index contributed by atoms with van der Waals surface area (Å²) in [5.41, 5.74) is 5.65. The van der Waals surface area contributed by atoms with Gasteiger partial charge in [-0.2, -0.15) is 5.26 Å². The molecule has 1 aliphatic carbocycles. The number of hydrogen-bond acceptors (Lipinski definition) is 6. The summed E-state index contributed by atoms with van der Waals surface area (Å²) in [6.45, 7) is 8.68. The van der Waals surface area contributed by atoms with Crippen LogP contribution in [0.2, 0.25) is 5.02 Å². The Morgan fingerprint density at radius 2 is 1.90 bits per heavy atom. The summed E-state index contributed by atoms with van der Waals surface area (Å²) in [5.74, 6) is 0.993. The largest absolute Gasteiger partial charge is 0.489 e. The summed E-state index contributed by atoms with van der Waals surface area (Å²) in [4.78, 5) is 21.2. The first-order chi connectivity index (χ1) is 14.1. The number of nitrogens with zero attached hydrogens (tertiary/aromatic N) is 3. The zero-order chi connectivity index (χ0) is 22.1. The van der Waals surface area contributed by atoms with Gasteiger partial charge in [0.2, 0.25) is 0 Å². The van der Waals surface area contributed by atoms with Crippen LogP contribution in [0.1, 0.15) is 49.4 Å². The molecule has 1 saturated carbocycles. The molecule has 158 valence electrons. The number of ether oxygens (including phenoxy) is 1. The van der Waals surface area contributed by atoms with Crippen molar-refractivity contribution in [2.24, 2.45) is 16.6 Å². The average Bonchev–Trinajstić information content (AvgIpc) is 2.70. The highest BCUT2D eigenvalue weighted by atomic mass is 35.5. The fourth-order valence-corrected chi connectivity index (χ4v) is 4.75. The number of amides is 1. The zero-order valence-corrected chi connectivity index (χ0v) is 18.3. The molecule has 0 atom stereocenters. The molecule has 7 nitrogen and oxygen atoms in total. The maximum Gasteiger partial charge on any atom is 0.254 e. The van der Waals surface area contributed by atoms with Crippen molar-refractivity contribution in [1.82, 2.24) is 15.3 Å². The number of rotatable bonds is 6. The van der Waals surface area contributed by atoms with Gasteiger partial charge < -0.3 is 15.8 Å². The van der Waals surface area contributed by atoms with Crippen molar-refractivity contribution in [2.45, 2.75) is 46.3 Å². The molecule has 1 aromatic carbocycles. The summed E-state index contributed by atoms with van der Waals surface area (Å²) in [6, 6.07) is 6.95. The van der Waals surface area contributed by atoms with E-state index in [0.29, 0.717) is 40.7 Å². The van der Waals surface area contributed by atoms with Crippen LogP contribution in [-0.4, -0.2) is 34.6 Å². The number of nitrogens with one attached hydrogen (secondary N) is 1. The topological polar surface area (TPSA) is 114 Å². The molecule has 0 spiro atoms. The van der Waals surface area contributed by atoms with Crippen LogP contribution in [0, 0.1) is 22.2 Å². The van der Waals surface area contributed by atoms with Crippen molar-refractivity contribution in [3.8, 4) is 11.8 Å². The quantitative estimate of drug-likeness (QED) is 0.732. The van der Waals surface area contributed by atoms with Crippen LogP contribution in [-0.2, 0) is 6.42 Å². The minimum atomic E-state index is -0.333. The Morgan fingerprint density at radius 1 is 1.27 bits per heavy atom. The Hall–Kier alpha value is -2.69. The fourth-order valence-electron chi connectivity index (χ4n) is 4.54. The van der Waals surface area contributed by atoms with Crippen LogP contribution in [0.25, 0.3) is 0 Å². The van der Waals surface area contributed by atoms with E-state index in [1.165, 1.54) is 12.4 Å². The van der Waals surface area contributed by atoms with Gasteiger partial charge in [-0.3, -0.25) is 4.79 Å². The van der Waals surface area contributed by atoms with Crippen molar-refractivity contribution in [1.29, 1.82) is 5.26 Å². The van der Waals surface area contributed by atoms with Crippen LogP contribution < -0.4 is 15.8 Å². The van der Waals surface area contributed by atoms with E-state index in [1.807, 2.05) is 6.07 Å². The SMILES string of the molecule is CC1(C)C(NC(=O)c2cnc(CCN)nc2)C(C)(C)C1Oc1ccc(C#N)c(Cl)c1. The molecule has 1 aromatic heterocycles. The third kappa shape index (κ3) is 3.98. The van der Waals surface area contributed by atoms with Gasteiger partial charge in [0.05, 0.1) is 16.1 Å². The van der Waals surface area contributed by atoms with E-state index in [-0.39, 0.29) is 28.9 Å². The van der Waals surface area contributed by atoms with Gasteiger partial charge in [0, 0.05) is 41.8 Å². The second-order valence-electron chi connectivity index (χ2n) is 8.73. The molecule has 3 N–H and O–H groups in total. The summed E-state index contributed by atoms with van der Waals surface area (Å²) in [7, 11) is 0. The lowest BCUT2D eigenvalue weighted by atomic mass is 9.49. The zero-order valence-electron chi connectivity index (χ0n) is 17.6. The molecule has 0 radical (unpaired) electrons. The molecule has 0 bridgehead atoms. The third-order valence-electron chi connectivity index (χ3n) is 5.77. The molecule has 30 heavy (non-hydrogen) atoms. The average molecular weight is 428 g/mol. The minimum absolute atomic E-state index is 0.125. The Labute approximate surface area is 181 Å². The lowest BCUT2D eigenvalue weighted by Gasteiger charge is -2.63. The van der Waals surface area contributed by atoms with Crippen molar-refractivity contribution < 1.29 is 9.53 Å². The Balaban J connectivity index is 1.72. The molecule has 1 amide bonds. The standard InChI is InChI=1S/C22H26ClN5O2/c1-21(2)19(28-18(29)14-11-26-17(7-8-24)27-12-14)22(3,4)20(21)30-15-6-5-13(10-25)16(23)9-15/h5-6,9,11-12,19-20H,7-8,24H2,1-4H3,(H,28,29). The van der Waals surface area contributed by atoms with Crippen LogP contribution in [0.3, 0.4) is 0 Å². The van der Waals surface area contributed by atoms with Gasteiger partial charge in [-0.1, -0.05) is 39.3 Å². The maximum atomic E-state index is 12.8. The molecule has 2 aromatic rings. The molecule has 3 rings (SSSR count). The minimum Gasteiger partial charge on any atom is -0.489 e. The van der Waals surface area contributed by atoms with Crippen molar-refractivity contribution in [2.75, 3.05) is 6.54 Å². The highest BCUT2D eigenvalue weighted by molar-refractivity contribution is 6.31. The number of carbonyl (C=O) groups excluding carboxylic acids is 1. The van der Waals surface area contributed by atoms with E-state index in [1.54, 1.807) is 18.2 Å². The number of nitrogens with two attached hydrogens (primary N) is 1. The number of aromatic nitrogens is 2. The molecule has 0 saturated heterocycles. The highest BCUT2D eigenvalue weighted by Crippen LogP contribution is 2.55. The van der Waals surface area contributed by atoms with Crippen molar-refractivity contribution >= 4 is 17.5 Å². The molecular weight excluding hydrogens is 402 g/mol. The molecule has 0 unspecified atom stereocenters. The van der Waals surface area contributed by atoms with E-state index in [4.69, 9.17) is 27.3 Å². The fraction of sp³-hybridized carbons (Fsp3) is 0.455. The van der Waals surface area contributed by atoms with Crippen LogP contribution in [0.4, 0.5) is 0 Å². The first-order valence-electron chi connectivity index (χ1n) is 9.79. The summed E-state index contributed by atoms with van der Waals surface area (Å²) in [5, 5.41) is 12.5. The van der Waals surface area contributed by atoms with E-state index in [0.717, 1.165) is 0 Å².